The average Bonchev–Trinajstić information content (AvgIpc) is 2.56. The fourth-order valence-corrected chi connectivity index (χ4v) is 2.62. The number of carbonyl (C=O) groups excluding carboxylic acids is 1. The minimum atomic E-state index is -1.46. The molecule has 0 aliphatic carbocycles. The second-order valence-electron chi connectivity index (χ2n) is 5.28. The molecule has 2 atom stereocenters. The maximum atomic E-state index is 12.0. The van der Waals surface area contributed by atoms with Gasteiger partial charge in [-0.15, -0.1) is 0 Å². The third kappa shape index (κ3) is 5.59. The fraction of sp³-hybridized carbons (Fsp3) is 0.235. The van der Waals surface area contributed by atoms with Gasteiger partial charge in [0.2, 0.25) is 5.91 Å². The first kappa shape index (κ1) is 17.3. The monoisotopic (exact) mass is 331 g/mol. The summed E-state index contributed by atoms with van der Waals surface area (Å²) in [5, 5.41) is 8.14. The van der Waals surface area contributed by atoms with Crippen LogP contribution in [0.3, 0.4) is 0 Å². The van der Waals surface area contributed by atoms with Crippen molar-refractivity contribution in [3.8, 4) is 0 Å². The topological polar surface area (TPSA) is 98.2 Å². The molecule has 2 unspecified atom stereocenters. The molecule has 0 saturated heterocycles. The molecule has 2 aromatic rings. The maximum absolute atomic E-state index is 12.0. The summed E-state index contributed by atoms with van der Waals surface area (Å²) in [5.74, 6) is -0.159. The number of hydrogen-bond acceptors (Lipinski definition) is 3. The maximum Gasteiger partial charge on any atom is 0.237 e. The molecular formula is C17H21N3O2S. The Bertz CT molecular complexity index is 659. The van der Waals surface area contributed by atoms with Gasteiger partial charge >= 0.3 is 0 Å². The van der Waals surface area contributed by atoms with Crippen molar-refractivity contribution in [3.63, 3.8) is 0 Å². The molecule has 5 nitrogen and oxygen atoms in total. The Labute approximate surface area is 138 Å². The van der Waals surface area contributed by atoms with Gasteiger partial charge in [0.25, 0.3) is 0 Å². The van der Waals surface area contributed by atoms with Crippen molar-refractivity contribution in [2.45, 2.75) is 23.8 Å². The lowest BCUT2D eigenvalue weighted by molar-refractivity contribution is -0.122. The molecule has 0 aliphatic rings. The van der Waals surface area contributed by atoms with E-state index >= 15 is 0 Å². The van der Waals surface area contributed by atoms with Gasteiger partial charge in [0.1, 0.15) is 11.0 Å². The van der Waals surface area contributed by atoms with Crippen molar-refractivity contribution in [1.82, 2.24) is 5.32 Å². The average molecular weight is 331 g/mol. The van der Waals surface area contributed by atoms with Crippen molar-refractivity contribution in [3.05, 3.63) is 65.7 Å². The molecule has 0 fully saturated rings. The smallest absolute Gasteiger partial charge is 0.237 e. The molecule has 6 heteroatoms. The highest BCUT2D eigenvalue weighted by Gasteiger charge is 2.13. The Morgan fingerprint density at radius 2 is 1.70 bits per heavy atom. The fourth-order valence-electron chi connectivity index (χ4n) is 2.21. The van der Waals surface area contributed by atoms with Crippen LogP contribution in [-0.2, 0) is 28.6 Å². The van der Waals surface area contributed by atoms with Gasteiger partial charge in [-0.1, -0.05) is 42.5 Å². The Kier molecular flexibility index (Phi) is 6.46. The predicted molar refractivity (Wildman–Crippen MR) is 91.9 cm³/mol. The second-order valence-corrected chi connectivity index (χ2v) is 6.34. The van der Waals surface area contributed by atoms with Gasteiger partial charge < -0.3 is 11.1 Å². The number of carbonyl (C=O) groups is 1. The van der Waals surface area contributed by atoms with Gasteiger partial charge in [-0.25, -0.2) is 9.35 Å². The first-order valence-electron chi connectivity index (χ1n) is 7.38. The molecule has 0 heterocycles. The van der Waals surface area contributed by atoms with Crippen molar-refractivity contribution < 1.29 is 9.00 Å². The van der Waals surface area contributed by atoms with Gasteiger partial charge in [0.15, 0.2) is 0 Å². The van der Waals surface area contributed by atoms with Crippen LogP contribution in [0.25, 0.3) is 0 Å². The quantitative estimate of drug-likeness (QED) is 0.703. The predicted octanol–water partition coefficient (Wildman–Crippen LogP) is 0.897. The zero-order valence-corrected chi connectivity index (χ0v) is 13.6. The van der Waals surface area contributed by atoms with E-state index in [0.29, 0.717) is 24.3 Å². The van der Waals surface area contributed by atoms with Crippen LogP contribution in [0.4, 0.5) is 0 Å². The number of benzene rings is 2. The van der Waals surface area contributed by atoms with Crippen LogP contribution in [0.1, 0.15) is 11.1 Å². The zero-order valence-electron chi connectivity index (χ0n) is 12.8. The second kappa shape index (κ2) is 8.57. The summed E-state index contributed by atoms with van der Waals surface area (Å²) in [7, 11) is -1.46. The van der Waals surface area contributed by atoms with Crippen molar-refractivity contribution in [1.29, 1.82) is 0 Å². The summed E-state index contributed by atoms with van der Waals surface area (Å²) < 4.78 is 11.1. The van der Waals surface area contributed by atoms with Crippen LogP contribution in [0.2, 0.25) is 0 Å². The van der Waals surface area contributed by atoms with Crippen LogP contribution < -0.4 is 16.2 Å². The lowest BCUT2D eigenvalue weighted by atomic mass is 10.1. The summed E-state index contributed by atoms with van der Waals surface area (Å²) in [6.07, 6.45) is 1.20. The highest BCUT2D eigenvalue weighted by atomic mass is 32.2. The van der Waals surface area contributed by atoms with Crippen molar-refractivity contribution >= 4 is 16.9 Å². The lowest BCUT2D eigenvalue weighted by Crippen LogP contribution is -2.42. The van der Waals surface area contributed by atoms with Gasteiger partial charge in [0.05, 0.1) is 10.9 Å². The highest BCUT2D eigenvalue weighted by molar-refractivity contribution is 7.82. The van der Waals surface area contributed by atoms with E-state index in [2.05, 4.69) is 5.32 Å². The summed E-state index contributed by atoms with van der Waals surface area (Å²) in [6, 6.07) is 16.3. The number of rotatable bonds is 7. The van der Waals surface area contributed by atoms with Crippen LogP contribution in [0.5, 0.6) is 0 Å². The third-order valence-corrected chi connectivity index (χ3v) is 4.24. The Morgan fingerprint density at radius 3 is 2.30 bits per heavy atom. The summed E-state index contributed by atoms with van der Waals surface area (Å²) in [6.45, 7) is 0.506. The normalized spacial score (nSPS) is 13.3. The number of nitrogens with one attached hydrogen (secondary N) is 1. The van der Waals surface area contributed by atoms with E-state index in [1.54, 1.807) is 12.1 Å². The molecule has 122 valence electrons. The molecule has 0 radical (unpaired) electrons. The molecule has 23 heavy (non-hydrogen) atoms. The standard InChI is InChI=1S/C17H21N3O2S/c18-16(12-14-4-2-1-3-5-14)17(21)20-11-10-13-6-8-15(9-7-13)23(19)22/h1-9,16H,10-12,18-19H2,(H,20,21). The van der Waals surface area contributed by atoms with E-state index in [-0.39, 0.29) is 5.91 Å². The largest absolute Gasteiger partial charge is 0.354 e. The molecule has 0 bridgehead atoms. The first-order chi connectivity index (χ1) is 11.1. The van der Waals surface area contributed by atoms with Crippen LogP contribution in [-0.4, -0.2) is 22.7 Å². The lowest BCUT2D eigenvalue weighted by Gasteiger charge is -2.12. The molecular weight excluding hydrogens is 310 g/mol. The highest BCUT2D eigenvalue weighted by Crippen LogP contribution is 2.07. The molecule has 0 spiro atoms. The van der Waals surface area contributed by atoms with E-state index in [0.717, 1.165) is 11.1 Å². The minimum Gasteiger partial charge on any atom is -0.354 e. The van der Waals surface area contributed by atoms with E-state index < -0.39 is 17.0 Å². The van der Waals surface area contributed by atoms with Gasteiger partial charge in [-0.05, 0) is 36.1 Å². The number of amides is 1. The molecule has 5 N–H and O–H groups in total. The Balaban J connectivity index is 1.76. The van der Waals surface area contributed by atoms with Crippen LogP contribution >= 0.6 is 0 Å². The van der Waals surface area contributed by atoms with Gasteiger partial charge in [0, 0.05) is 6.54 Å². The van der Waals surface area contributed by atoms with E-state index in [1.165, 1.54) is 0 Å². The minimum absolute atomic E-state index is 0.159. The Hall–Kier alpha value is -2.02. The van der Waals surface area contributed by atoms with Crippen molar-refractivity contribution in [2.75, 3.05) is 6.54 Å². The first-order valence-corrected chi connectivity index (χ1v) is 8.60. The van der Waals surface area contributed by atoms with Crippen LogP contribution in [0, 0.1) is 0 Å². The van der Waals surface area contributed by atoms with E-state index in [9.17, 15) is 9.00 Å². The number of nitrogens with two attached hydrogens (primary N) is 2. The number of hydrogen-bond donors (Lipinski definition) is 3. The molecule has 0 saturated carbocycles. The van der Waals surface area contributed by atoms with Crippen molar-refractivity contribution in [2.24, 2.45) is 10.9 Å². The van der Waals surface area contributed by atoms with Gasteiger partial charge in [-0.2, -0.15) is 0 Å². The Morgan fingerprint density at radius 1 is 1.04 bits per heavy atom. The summed E-state index contributed by atoms with van der Waals surface area (Å²) in [5.41, 5.74) is 8.00. The third-order valence-electron chi connectivity index (χ3n) is 3.50. The van der Waals surface area contributed by atoms with E-state index in [1.807, 2.05) is 42.5 Å². The molecule has 0 aliphatic heterocycles. The SMILES string of the molecule is NC(Cc1ccccc1)C(=O)NCCc1ccc(S(N)=O)cc1. The van der Waals surface area contributed by atoms with E-state index in [4.69, 9.17) is 10.9 Å². The molecule has 1 amide bonds. The molecule has 0 aromatic heterocycles. The summed E-state index contributed by atoms with van der Waals surface area (Å²) >= 11 is 0. The van der Waals surface area contributed by atoms with Gasteiger partial charge in [-0.3, -0.25) is 4.79 Å². The summed E-state index contributed by atoms with van der Waals surface area (Å²) in [4.78, 5) is 12.6. The molecule has 2 aromatic carbocycles. The zero-order chi connectivity index (χ0) is 16.7. The molecule has 2 rings (SSSR count). The van der Waals surface area contributed by atoms with Crippen LogP contribution in [0.15, 0.2) is 59.5 Å².